The molecule has 0 radical (unpaired) electrons. The van der Waals surface area contributed by atoms with E-state index in [0.29, 0.717) is 5.69 Å². The summed E-state index contributed by atoms with van der Waals surface area (Å²) in [6, 6.07) is 18.1. The monoisotopic (exact) mass is 490 g/mol. The minimum atomic E-state index is -1.24. The summed E-state index contributed by atoms with van der Waals surface area (Å²) in [5.74, 6) is -2.62. The lowest BCUT2D eigenvalue weighted by Gasteiger charge is -2.09. The fourth-order valence-electron chi connectivity index (χ4n) is 3.10. The van der Waals surface area contributed by atoms with Gasteiger partial charge >= 0.3 is 5.97 Å². The molecule has 0 fully saturated rings. The van der Waals surface area contributed by atoms with Gasteiger partial charge in [-0.1, -0.05) is 12.1 Å². The molecule has 0 saturated heterocycles. The summed E-state index contributed by atoms with van der Waals surface area (Å²) in [6.07, 6.45) is 1.46. The number of aryl methyl sites for hydroxylation is 1. The Morgan fingerprint density at radius 1 is 0.806 bits per heavy atom. The second kappa shape index (κ2) is 11.3. The van der Waals surface area contributed by atoms with E-state index in [9.17, 15) is 18.8 Å². The zero-order chi connectivity index (χ0) is 26.2. The highest BCUT2D eigenvalue weighted by Gasteiger charge is 2.16. The number of rotatable bonds is 5. The van der Waals surface area contributed by atoms with Crippen molar-refractivity contribution in [2.75, 3.05) is 22.1 Å². The molecule has 3 aromatic carbocycles. The van der Waals surface area contributed by atoms with Crippen LogP contribution in [0.15, 0.2) is 83.5 Å². The van der Waals surface area contributed by atoms with Crippen LogP contribution in [0.25, 0.3) is 0 Å². The number of carboxylic acid groups (broad SMARTS) is 1. The Kier molecular flexibility index (Phi) is 8.03. The summed E-state index contributed by atoms with van der Waals surface area (Å²) >= 11 is 0. The standard InChI is InChI=1S/C14H11FN2O3.C12H12N2O2/c15-11-4-2-1-3-9(11)13(18)17-12-6-5-8(16)7-10(12)14(19)20;1-8-7-9(13)4-5-10(8)14-12(15)11-3-2-6-16-11/h1-7H,16H2,(H,17,18)(H,19,20);2-7H,13H2,1H3,(H,14,15). The van der Waals surface area contributed by atoms with Gasteiger partial charge in [-0.05, 0) is 73.2 Å². The molecule has 1 aromatic heterocycles. The van der Waals surface area contributed by atoms with Gasteiger partial charge < -0.3 is 31.6 Å². The normalized spacial score (nSPS) is 10.1. The molecule has 9 nitrogen and oxygen atoms in total. The van der Waals surface area contributed by atoms with E-state index in [1.165, 1.54) is 42.7 Å². The van der Waals surface area contributed by atoms with Crippen LogP contribution in [0.1, 0.15) is 36.8 Å². The molecule has 184 valence electrons. The maximum Gasteiger partial charge on any atom is 0.337 e. The van der Waals surface area contributed by atoms with Crippen LogP contribution in [-0.2, 0) is 0 Å². The Morgan fingerprint density at radius 2 is 1.44 bits per heavy atom. The van der Waals surface area contributed by atoms with Gasteiger partial charge in [-0.2, -0.15) is 0 Å². The van der Waals surface area contributed by atoms with Crippen LogP contribution < -0.4 is 22.1 Å². The Bertz CT molecular complexity index is 1400. The van der Waals surface area contributed by atoms with Crippen molar-refractivity contribution in [2.24, 2.45) is 0 Å². The van der Waals surface area contributed by atoms with Crippen molar-refractivity contribution >= 4 is 40.5 Å². The third-order valence-electron chi connectivity index (χ3n) is 4.88. The molecule has 4 aromatic rings. The highest BCUT2D eigenvalue weighted by atomic mass is 19.1. The van der Waals surface area contributed by atoms with Crippen molar-refractivity contribution in [3.05, 3.63) is 107 Å². The smallest absolute Gasteiger partial charge is 0.337 e. The van der Waals surface area contributed by atoms with E-state index < -0.39 is 17.7 Å². The number of aromatic carboxylic acids is 1. The summed E-state index contributed by atoms with van der Waals surface area (Å²) in [5.41, 5.74) is 13.4. The van der Waals surface area contributed by atoms with Crippen LogP contribution in [-0.4, -0.2) is 22.9 Å². The maximum atomic E-state index is 13.5. The molecule has 0 aliphatic rings. The van der Waals surface area contributed by atoms with E-state index in [0.717, 1.165) is 17.3 Å². The van der Waals surface area contributed by atoms with Crippen molar-refractivity contribution in [3.8, 4) is 0 Å². The first-order chi connectivity index (χ1) is 17.2. The lowest BCUT2D eigenvalue weighted by atomic mass is 10.1. The molecule has 10 heteroatoms. The molecule has 0 aliphatic carbocycles. The SMILES string of the molecule is Cc1cc(N)ccc1NC(=O)c1ccco1.Nc1ccc(NC(=O)c2ccccc2F)c(C(=O)O)c1. The molecular formula is C26H23FN4O5. The fraction of sp³-hybridized carbons (Fsp3) is 0.0385. The third-order valence-corrected chi connectivity index (χ3v) is 4.88. The molecule has 36 heavy (non-hydrogen) atoms. The van der Waals surface area contributed by atoms with Crippen molar-refractivity contribution in [1.82, 2.24) is 0 Å². The number of amides is 2. The van der Waals surface area contributed by atoms with Gasteiger partial charge in [0, 0.05) is 17.1 Å². The number of nitrogens with one attached hydrogen (secondary N) is 2. The van der Waals surface area contributed by atoms with Gasteiger partial charge in [0.05, 0.1) is 23.1 Å². The Labute approximate surface area is 205 Å². The van der Waals surface area contributed by atoms with E-state index in [2.05, 4.69) is 10.6 Å². The first-order valence-electron chi connectivity index (χ1n) is 10.6. The van der Waals surface area contributed by atoms with Gasteiger partial charge in [0.15, 0.2) is 5.76 Å². The van der Waals surface area contributed by atoms with Crippen LogP contribution >= 0.6 is 0 Å². The summed E-state index contributed by atoms with van der Waals surface area (Å²) in [4.78, 5) is 34.7. The summed E-state index contributed by atoms with van der Waals surface area (Å²) < 4.78 is 18.5. The first-order valence-corrected chi connectivity index (χ1v) is 10.6. The Balaban J connectivity index is 0.000000205. The number of furan rings is 1. The lowest BCUT2D eigenvalue weighted by molar-refractivity contribution is 0.0698. The average molecular weight is 490 g/mol. The second-order valence-corrected chi connectivity index (χ2v) is 7.55. The highest BCUT2D eigenvalue weighted by molar-refractivity contribution is 6.08. The predicted octanol–water partition coefficient (Wildman–Crippen LogP) is 4.78. The molecule has 7 N–H and O–H groups in total. The van der Waals surface area contributed by atoms with Crippen LogP contribution in [0.3, 0.4) is 0 Å². The molecule has 2 amide bonds. The first kappa shape index (κ1) is 25.5. The fourth-order valence-corrected chi connectivity index (χ4v) is 3.10. The number of hydrogen-bond acceptors (Lipinski definition) is 6. The summed E-state index contributed by atoms with van der Waals surface area (Å²) in [5, 5.41) is 14.2. The van der Waals surface area contributed by atoms with E-state index >= 15 is 0 Å². The number of hydrogen-bond donors (Lipinski definition) is 5. The number of halogens is 1. The number of benzene rings is 3. The average Bonchev–Trinajstić information content (AvgIpc) is 3.38. The van der Waals surface area contributed by atoms with Gasteiger partial charge in [-0.25, -0.2) is 9.18 Å². The van der Waals surface area contributed by atoms with Gasteiger partial charge in [0.1, 0.15) is 5.82 Å². The molecule has 1 heterocycles. The largest absolute Gasteiger partial charge is 0.478 e. The van der Waals surface area contributed by atoms with Crippen molar-refractivity contribution < 1.29 is 28.3 Å². The number of carbonyl (C=O) groups excluding carboxylic acids is 2. The van der Waals surface area contributed by atoms with E-state index in [-0.39, 0.29) is 34.2 Å². The molecule has 0 bridgehead atoms. The minimum Gasteiger partial charge on any atom is -0.478 e. The van der Waals surface area contributed by atoms with Crippen LogP contribution in [0, 0.1) is 12.7 Å². The van der Waals surface area contributed by atoms with Gasteiger partial charge in [0.2, 0.25) is 0 Å². The van der Waals surface area contributed by atoms with Crippen molar-refractivity contribution in [3.63, 3.8) is 0 Å². The zero-order valence-electron chi connectivity index (χ0n) is 19.1. The lowest BCUT2D eigenvalue weighted by Crippen LogP contribution is -2.16. The number of anilines is 4. The van der Waals surface area contributed by atoms with E-state index in [1.807, 2.05) is 6.92 Å². The highest BCUT2D eigenvalue weighted by Crippen LogP contribution is 2.21. The third kappa shape index (κ3) is 6.48. The molecular weight excluding hydrogens is 467 g/mol. The van der Waals surface area contributed by atoms with Gasteiger partial charge in [-0.3, -0.25) is 9.59 Å². The number of nitrogens with two attached hydrogens (primary N) is 2. The quantitative estimate of drug-likeness (QED) is 0.252. The number of carboxylic acids is 1. The van der Waals surface area contributed by atoms with Crippen LogP contribution in [0.2, 0.25) is 0 Å². The topological polar surface area (TPSA) is 161 Å². The molecule has 0 atom stereocenters. The van der Waals surface area contributed by atoms with Crippen molar-refractivity contribution in [1.29, 1.82) is 0 Å². The molecule has 0 spiro atoms. The Hall–Kier alpha value is -5.12. The van der Waals surface area contributed by atoms with Crippen LogP contribution in [0.5, 0.6) is 0 Å². The summed E-state index contributed by atoms with van der Waals surface area (Å²) in [6.45, 7) is 1.88. The maximum absolute atomic E-state index is 13.5. The molecule has 0 aliphatic heterocycles. The zero-order valence-corrected chi connectivity index (χ0v) is 19.1. The molecule has 4 rings (SSSR count). The Morgan fingerprint density at radius 3 is 2.06 bits per heavy atom. The number of nitrogen functional groups attached to an aromatic ring is 2. The van der Waals surface area contributed by atoms with Crippen molar-refractivity contribution in [2.45, 2.75) is 6.92 Å². The second-order valence-electron chi connectivity index (χ2n) is 7.55. The molecule has 0 saturated carbocycles. The number of carbonyl (C=O) groups is 3. The van der Waals surface area contributed by atoms with Gasteiger partial charge in [0.25, 0.3) is 11.8 Å². The van der Waals surface area contributed by atoms with Gasteiger partial charge in [-0.15, -0.1) is 0 Å². The molecule has 0 unspecified atom stereocenters. The van der Waals surface area contributed by atoms with E-state index in [4.69, 9.17) is 21.0 Å². The minimum absolute atomic E-state index is 0.0555. The summed E-state index contributed by atoms with van der Waals surface area (Å²) in [7, 11) is 0. The van der Waals surface area contributed by atoms with Crippen LogP contribution in [0.4, 0.5) is 27.1 Å². The predicted molar refractivity (Wildman–Crippen MR) is 134 cm³/mol. The van der Waals surface area contributed by atoms with E-state index in [1.54, 1.807) is 30.3 Å².